The average Bonchev–Trinajstić information content (AvgIpc) is 3.33. The Kier molecular flexibility index (Phi) is 3.38. The maximum Gasteiger partial charge on any atom is 0.0309 e. The van der Waals surface area contributed by atoms with Gasteiger partial charge in [0.2, 0.25) is 0 Å². The highest BCUT2D eigenvalue weighted by Gasteiger charge is 2.51. The van der Waals surface area contributed by atoms with Crippen molar-refractivity contribution in [3.05, 3.63) is 0 Å². The van der Waals surface area contributed by atoms with Gasteiger partial charge in [0, 0.05) is 30.7 Å². The third-order valence-electron chi connectivity index (χ3n) is 6.52. The van der Waals surface area contributed by atoms with Gasteiger partial charge in [-0.15, -0.1) is 0 Å². The number of piperazine rings is 1. The van der Waals surface area contributed by atoms with Crippen molar-refractivity contribution in [2.24, 2.45) is 17.8 Å². The van der Waals surface area contributed by atoms with Gasteiger partial charge in [-0.1, -0.05) is 26.7 Å². The Morgan fingerprint density at radius 2 is 1.60 bits per heavy atom. The van der Waals surface area contributed by atoms with Gasteiger partial charge in [-0.25, -0.2) is 0 Å². The molecule has 0 bridgehead atoms. The highest BCUT2D eigenvalue weighted by molar-refractivity contribution is 5.07. The van der Waals surface area contributed by atoms with Gasteiger partial charge in [0.05, 0.1) is 0 Å². The molecule has 4 aliphatic rings. The maximum absolute atomic E-state index is 3.99. The number of rotatable bonds is 4. The molecule has 2 nitrogen and oxygen atoms in total. The molecule has 1 unspecified atom stereocenters. The van der Waals surface area contributed by atoms with E-state index in [1.807, 2.05) is 0 Å². The van der Waals surface area contributed by atoms with Crippen LogP contribution in [-0.2, 0) is 0 Å². The molecule has 0 aromatic rings. The number of nitrogens with one attached hydrogen (secondary N) is 1. The van der Waals surface area contributed by atoms with E-state index >= 15 is 0 Å². The fourth-order valence-electron chi connectivity index (χ4n) is 5.09. The van der Waals surface area contributed by atoms with Gasteiger partial charge in [-0.05, 0) is 56.3 Å². The molecule has 1 N–H and O–H groups in total. The van der Waals surface area contributed by atoms with E-state index in [0.717, 1.165) is 29.8 Å². The van der Waals surface area contributed by atoms with Crippen LogP contribution >= 0.6 is 0 Å². The molecule has 2 heteroatoms. The first-order valence-corrected chi connectivity index (χ1v) is 9.19. The lowest BCUT2D eigenvalue weighted by Gasteiger charge is -2.51. The minimum Gasteiger partial charge on any atom is -0.308 e. The van der Waals surface area contributed by atoms with Crippen LogP contribution < -0.4 is 5.32 Å². The van der Waals surface area contributed by atoms with Crippen LogP contribution in [0, 0.1) is 17.8 Å². The molecular weight excluding hydrogens is 244 g/mol. The molecule has 0 aromatic heterocycles. The van der Waals surface area contributed by atoms with Crippen LogP contribution in [0.4, 0.5) is 0 Å². The molecule has 1 atom stereocenters. The summed E-state index contributed by atoms with van der Waals surface area (Å²) < 4.78 is 0. The lowest BCUT2D eigenvalue weighted by Crippen LogP contribution is -2.67. The summed E-state index contributed by atoms with van der Waals surface area (Å²) in [5.74, 6) is 2.90. The second-order valence-electron chi connectivity index (χ2n) is 8.52. The van der Waals surface area contributed by atoms with Gasteiger partial charge < -0.3 is 5.32 Å². The van der Waals surface area contributed by atoms with Gasteiger partial charge in [0.15, 0.2) is 0 Å². The second-order valence-corrected chi connectivity index (χ2v) is 8.52. The standard InChI is InChI=1S/C18H32N2/c1-13(2)16-11-19-18(9-3-4-10-18)12-20(16)17(14-5-6-14)15-7-8-15/h13-17,19H,3-12H2,1-2H3. The zero-order chi connectivity index (χ0) is 13.7. The highest BCUT2D eigenvalue weighted by atomic mass is 15.3. The highest BCUT2D eigenvalue weighted by Crippen LogP contribution is 2.49. The van der Waals surface area contributed by atoms with E-state index < -0.39 is 0 Å². The molecule has 0 radical (unpaired) electrons. The number of nitrogens with zero attached hydrogens (tertiary/aromatic N) is 1. The van der Waals surface area contributed by atoms with E-state index in [0.29, 0.717) is 5.54 Å². The maximum atomic E-state index is 3.99. The Bertz CT molecular complexity index is 338. The summed E-state index contributed by atoms with van der Waals surface area (Å²) >= 11 is 0. The van der Waals surface area contributed by atoms with Gasteiger partial charge in [-0.3, -0.25) is 4.90 Å². The third kappa shape index (κ3) is 2.43. The van der Waals surface area contributed by atoms with Crippen LogP contribution in [-0.4, -0.2) is 35.6 Å². The molecule has 1 aliphatic heterocycles. The van der Waals surface area contributed by atoms with Crippen molar-refractivity contribution in [3.8, 4) is 0 Å². The molecule has 114 valence electrons. The lowest BCUT2D eigenvalue weighted by atomic mass is 9.86. The monoisotopic (exact) mass is 276 g/mol. The Balaban J connectivity index is 1.56. The first kappa shape index (κ1) is 13.6. The summed E-state index contributed by atoms with van der Waals surface area (Å²) in [5, 5.41) is 3.99. The molecule has 20 heavy (non-hydrogen) atoms. The Morgan fingerprint density at radius 3 is 2.10 bits per heavy atom. The Hall–Kier alpha value is -0.0800. The Morgan fingerprint density at radius 1 is 1.00 bits per heavy atom. The molecule has 1 heterocycles. The van der Waals surface area contributed by atoms with E-state index in [9.17, 15) is 0 Å². The summed E-state index contributed by atoms with van der Waals surface area (Å²) in [6.45, 7) is 7.47. The average molecular weight is 276 g/mol. The predicted octanol–water partition coefficient (Wildman–Crippen LogP) is 3.42. The molecule has 1 spiro atoms. The molecule has 4 rings (SSSR count). The van der Waals surface area contributed by atoms with Crippen LogP contribution in [0.1, 0.15) is 65.2 Å². The number of hydrogen-bond acceptors (Lipinski definition) is 2. The summed E-state index contributed by atoms with van der Waals surface area (Å²) in [5.41, 5.74) is 0.493. The second kappa shape index (κ2) is 4.98. The molecule has 4 fully saturated rings. The summed E-state index contributed by atoms with van der Waals surface area (Å²) in [4.78, 5) is 3.02. The molecule has 1 saturated heterocycles. The van der Waals surface area contributed by atoms with Gasteiger partial charge in [0.1, 0.15) is 0 Å². The molecule has 0 aromatic carbocycles. The largest absolute Gasteiger partial charge is 0.308 e. The lowest BCUT2D eigenvalue weighted by molar-refractivity contribution is 0.00624. The topological polar surface area (TPSA) is 15.3 Å². The van der Waals surface area contributed by atoms with Gasteiger partial charge >= 0.3 is 0 Å². The normalized spacial score (nSPS) is 34.5. The fraction of sp³-hybridized carbons (Fsp3) is 1.00. The minimum absolute atomic E-state index is 0.493. The summed E-state index contributed by atoms with van der Waals surface area (Å²) in [7, 11) is 0. The van der Waals surface area contributed by atoms with E-state index in [1.165, 1.54) is 64.5 Å². The van der Waals surface area contributed by atoms with Crippen LogP contribution in [0.3, 0.4) is 0 Å². The van der Waals surface area contributed by atoms with Crippen molar-refractivity contribution in [2.75, 3.05) is 13.1 Å². The summed E-state index contributed by atoms with van der Waals surface area (Å²) in [6, 6.07) is 1.73. The van der Waals surface area contributed by atoms with Crippen LogP contribution in [0.2, 0.25) is 0 Å². The van der Waals surface area contributed by atoms with Crippen molar-refractivity contribution >= 4 is 0 Å². The van der Waals surface area contributed by atoms with Gasteiger partial charge in [0.25, 0.3) is 0 Å². The predicted molar refractivity (Wildman–Crippen MR) is 83.8 cm³/mol. The van der Waals surface area contributed by atoms with E-state index in [-0.39, 0.29) is 0 Å². The fourth-order valence-corrected chi connectivity index (χ4v) is 5.09. The SMILES string of the molecule is CC(C)C1CNC2(CCCC2)CN1C(C1CC1)C1CC1. The van der Waals surface area contributed by atoms with Crippen LogP contribution in [0.5, 0.6) is 0 Å². The van der Waals surface area contributed by atoms with Crippen LogP contribution in [0.15, 0.2) is 0 Å². The summed E-state index contributed by atoms with van der Waals surface area (Å²) in [6.07, 6.45) is 11.8. The van der Waals surface area contributed by atoms with Crippen molar-refractivity contribution in [1.82, 2.24) is 10.2 Å². The number of hydrogen-bond donors (Lipinski definition) is 1. The van der Waals surface area contributed by atoms with Gasteiger partial charge in [-0.2, -0.15) is 0 Å². The van der Waals surface area contributed by atoms with E-state index in [4.69, 9.17) is 0 Å². The molecule has 3 saturated carbocycles. The van der Waals surface area contributed by atoms with Crippen molar-refractivity contribution in [1.29, 1.82) is 0 Å². The first-order chi connectivity index (χ1) is 9.69. The van der Waals surface area contributed by atoms with Crippen LogP contribution in [0.25, 0.3) is 0 Å². The third-order valence-corrected chi connectivity index (χ3v) is 6.52. The zero-order valence-electron chi connectivity index (χ0n) is 13.4. The quantitative estimate of drug-likeness (QED) is 0.846. The minimum atomic E-state index is 0.493. The van der Waals surface area contributed by atoms with E-state index in [1.54, 1.807) is 0 Å². The van der Waals surface area contributed by atoms with E-state index in [2.05, 4.69) is 24.1 Å². The smallest absolute Gasteiger partial charge is 0.0309 e. The molecule has 0 amide bonds. The van der Waals surface area contributed by atoms with Crippen molar-refractivity contribution < 1.29 is 0 Å². The Labute approximate surface area is 124 Å². The van der Waals surface area contributed by atoms with Crippen molar-refractivity contribution in [2.45, 2.75) is 82.8 Å². The molecular formula is C18H32N2. The molecule has 3 aliphatic carbocycles. The van der Waals surface area contributed by atoms with Crippen molar-refractivity contribution in [3.63, 3.8) is 0 Å². The zero-order valence-corrected chi connectivity index (χ0v) is 13.4. The first-order valence-electron chi connectivity index (χ1n) is 9.19.